The molecule has 1 aromatic heterocycles. The summed E-state index contributed by atoms with van der Waals surface area (Å²) in [4.78, 5) is 4.26. The van der Waals surface area contributed by atoms with Gasteiger partial charge in [-0.05, 0) is 19.3 Å². The Morgan fingerprint density at radius 3 is 2.25 bits per heavy atom. The molecule has 0 spiro atoms. The topological polar surface area (TPSA) is 17.8 Å². The minimum atomic E-state index is 0.330. The maximum Gasteiger partial charge on any atom is 0.105 e. The van der Waals surface area contributed by atoms with Crippen LogP contribution >= 0.6 is 0 Å². The smallest absolute Gasteiger partial charge is 0.105 e. The molecule has 0 saturated carbocycles. The van der Waals surface area contributed by atoms with E-state index in [1.54, 1.807) is 0 Å². The third-order valence-electron chi connectivity index (χ3n) is 1.89. The summed E-state index contributed by atoms with van der Waals surface area (Å²) in [6, 6.07) is 0. The molecule has 0 aromatic carbocycles. The van der Waals surface area contributed by atoms with E-state index in [0.29, 0.717) is 5.41 Å². The van der Waals surface area contributed by atoms with Crippen LogP contribution in [0.15, 0.2) is 6.20 Å². The van der Waals surface area contributed by atoms with Gasteiger partial charge in [-0.3, -0.25) is 0 Å². The molecule has 0 amide bonds. The van der Waals surface area contributed by atoms with Crippen molar-refractivity contribution in [1.29, 1.82) is 0 Å². The maximum atomic E-state index is 4.26. The predicted molar refractivity (Wildman–Crippen MR) is 51.2 cm³/mol. The fourth-order valence-corrected chi connectivity index (χ4v) is 1.29. The monoisotopic (exact) mass is 166 g/mol. The Morgan fingerprint density at radius 2 is 1.92 bits per heavy atom. The Labute approximate surface area is 74.6 Å². The summed E-state index contributed by atoms with van der Waals surface area (Å²) in [5.74, 6) is 1.11. The molecule has 1 rings (SSSR count). The highest BCUT2D eigenvalue weighted by atomic mass is 15.1. The number of hydrogen-bond donors (Lipinski definition) is 0. The van der Waals surface area contributed by atoms with E-state index < -0.39 is 0 Å². The van der Waals surface area contributed by atoms with Gasteiger partial charge in [0, 0.05) is 18.4 Å². The quantitative estimate of drug-likeness (QED) is 0.627. The van der Waals surface area contributed by atoms with Gasteiger partial charge in [0.15, 0.2) is 0 Å². The summed E-state index contributed by atoms with van der Waals surface area (Å²) in [5.41, 5.74) is 1.58. The van der Waals surface area contributed by atoms with Crippen LogP contribution < -0.4 is 0 Å². The van der Waals surface area contributed by atoms with E-state index in [1.165, 1.54) is 5.69 Å². The number of aryl methyl sites for hydroxylation is 2. The molecule has 0 radical (unpaired) electrons. The van der Waals surface area contributed by atoms with Crippen molar-refractivity contribution < 1.29 is 0 Å². The average molecular weight is 166 g/mol. The van der Waals surface area contributed by atoms with Gasteiger partial charge in [-0.15, -0.1) is 0 Å². The molecule has 0 bridgehead atoms. The number of nitrogens with zero attached hydrogens (tertiary/aromatic N) is 2. The van der Waals surface area contributed by atoms with E-state index in [1.807, 2.05) is 6.20 Å². The molecule has 0 fully saturated rings. The van der Waals surface area contributed by atoms with E-state index in [9.17, 15) is 0 Å². The minimum absolute atomic E-state index is 0.330. The zero-order chi connectivity index (χ0) is 9.35. The number of hydrogen-bond acceptors (Lipinski definition) is 1. The van der Waals surface area contributed by atoms with Gasteiger partial charge >= 0.3 is 0 Å². The van der Waals surface area contributed by atoms with Crippen molar-refractivity contribution in [1.82, 2.24) is 9.55 Å². The third-order valence-corrected chi connectivity index (χ3v) is 1.89. The zero-order valence-electron chi connectivity index (χ0n) is 8.68. The number of imidazole rings is 1. The molecule has 2 nitrogen and oxygen atoms in total. The van der Waals surface area contributed by atoms with Crippen molar-refractivity contribution in [3.63, 3.8) is 0 Å². The lowest BCUT2D eigenvalue weighted by Crippen LogP contribution is -2.17. The summed E-state index contributed by atoms with van der Waals surface area (Å²) in [6.07, 6.45) is 1.93. The standard InChI is InChI=1S/C10H18N2/c1-8-6-11-9(2)12(8)7-10(3,4)5/h6H,7H2,1-5H3. The average Bonchev–Trinajstić information content (AvgIpc) is 2.16. The lowest BCUT2D eigenvalue weighted by atomic mass is 9.97. The van der Waals surface area contributed by atoms with Crippen molar-refractivity contribution in [2.24, 2.45) is 5.41 Å². The highest BCUT2D eigenvalue weighted by Crippen LogP contribution is 2.18. The van der Waals surface area contributed by atoms with E-state index in [4.69, 9.17) is 0 Å². The van der Waals surface area contributed by atoms with Gasteiger partial charge in [-0.2, -0.15) is 0 Å². The molecule has 0 aliphatic carbocycles. The molecule has 0 atom stereocenters. The SMILES string of the molecule is Cc1cnc(C)n1CC(C)(C)C. The van der Waals surface area contributed by atoms with Crippen molar-refractivity contribution in [2.45, 2.75) is 41.2 Å². The third kappa shape index (κ3) is 2.10. The van der Waals surface area contributed by atoms with Gasteiger partial charge in [0.25, 0.3) is 0 Å². The van der Waals surface area contributed by atoms with Crippen molar-refractivity contribution in [2.75, 3.05) is 0 Å². The van der Waals surface area contributed by atoms with Crippen LogP contribution in [-0.2, 0) is 6.54 Å². The van der Waals surface area contributed by atoms with Crippen LogP contribution in [0.1, 0.15) is 32.3 Å². The fraction of sp³-hybridized carbons (Fsp3) is 0.700. The second-order valence-electron chi connectivity index (χ2n) is 4.59. The van der Waals surface area contributed by atoms with Crippen molar-refractivity contribution in [3.05, 3.63) is 17.7 Å². The Hall–Kier alpha value is -0.790. The summed E-state index contributed by atoms with van der Waals surface area (Å²) in [6.45, 7) is 11.9. The lowest BCUT2D eigenvalue weighted by molar-refractivity contribution is 0.337. The lowest BCUT2D eigenvalue weighted by Gasteiger charge is -2.20. The fourth-order valence-electron chi connectivity index (χ4n) is 1.29. The molecule has 12 heavy (non-hydrogen) atoms. The number of rotatable bonds is 1. The largest absolute Gasteiger partial charge is 0.332 e. The Bertz CT molecular complexity index is 246. The first kappa shape index (κ1) is 9.30. The van der Waals surface area contributed by atoms with Gasteiger partial charge < -0.3 is 4.57 Å². The summed E-state index contributed by atoms with van der Waals surface area (Å²) in [7, 11) is 0. The summed E-state index contributed by atoms with van der Waals surface area (Å²) >= 11 is 0. The van der Waals surface area contributed by atoms with E-state index in [0.717, 1.165) is 12.4 Å². The Balaban J connectivity index is 2.88. The van der Waals surface area contributed by atoms with Crippen LogP contribution in [0.3, 0.4) is 0 Å². The predicted octanol–water partition coefficient (Wildman–Crippen LogP) is 2.55. The molecule has 0 N–H and O–H groups in total. The van der Waals surface area contributed by atoms with Crippen LogP contribution in [0.25, 0.3) is 0 Å². The van der Waals surface area contributed by atoms with Gasteiger partial charge in [-0.25, -0.2) is 4.98 Å². The van der Waals surface area contributed by atoms with E-state index >= 15 is 0 Å². The molecule has 0 aliphatic rings. The van der Waals surface area contributed by atoms with Crippen LogP contribution in [0, 0.1) is 19.3 Å². The molecule has 1 aromatic rings. The molecule has 0 unspecified atom stereocenters. The first-order chi connectivity index (χ1) is 5.40. The van der Waals surface area contributed by atoms with Crippen LogP contribution in [-0.4, -0.2) is 9.55 Å². The van der Waals surface area contributed by atoms with Gasteiger partial charge in [-0.1, -0.05) is 20.8 Å². The van der Waals surface area contributed by atoms with Crippen molar-refractivity contribution >= 4 is 0 Å². The minimum Gasteiger partial charge on any atom is -0.332 e. The highest BCUT2D eigenvalue weighted by molar-refractivity contribution is 5.02. The second-order valence-corrected chi connectivity index (χ2v) is 4.59. The first-order valence-corrected chi connectivity index (χ1v) is 4.39. The first-order valence-electron chi connectivity index (χ1n) is 4.39. The molecular formula is C10H18N2. The Morgan fingerprint density at radius 1 is 1.33 bits per heavy atom. The maximum absolute atomic E-state index is 4.26. The molecule has 68 valence electrons. The normalized spacial score (nSPS) is 12.1. The molecule has 2 heteroatoms. The number of aromatic nitrogens is 2. The molecular weight excluding hydrogens is 148 g/mol. The summed E-state index contributed by atoms with van der Waals surface area (Å²) < 4.78 is 2.26. The highest BCUT2D eigenvalue weighted by Gasteiger charge is 2.13. The second kappa shape index (κ2) is 2.92. The van der Waals surface area contributed by atoms with Crippen LogP contribution in [0.5, 0.6) is 0 Å². The molecule has 0 aliphatic heterocycles. The summed E-state index contributed by atoms with van der Waals surface area (Å²) in [5, 5.41) is 0. The Kier molecular flexibility index (Phi) is 2.27. The van der Waals surface area contributed by atoms with Crippen LogP contribution in [0.2, 0.25) is 0 Å². The molecule has 1 heterocycles. The molecule has 0 saturated heterocycles. The van der Waals surface area contributed by atoms with E-state index in [2.05, 4.69) is 44.2 Å². The van der Waals surface area contributed by atoms with Crippen molar-refractivity contribution in [3.8, 4) is 0 Å². The van der Waals surface area contributed by atoms with Gasteiger partial charge in [0.05, 0.1) is 0 Å². The van der Waals surface area contributed by atoms with Gasteiger partial charge in [0.2, 0.25) is 0 Å². The zero-order valence-corrected chi connectivity index (χ0v) is 8.68. The van der Waals surface area contributed by atoms with E-state index in [-0.39, 0.29) is 0 Å². The van der Waals surface area contributed by atoms with Crippen LogP contribution in [0.4, 0.5) is 0 Å². The van der Waals surface area contributed by atoms with Gasteiger partial charge in [0.1, 0.15) is 5.82 Å².